The molecule has 0 amide bonds. The maximum Gasteiger partial charge on any atom is 0.315 e. The van der Waals surface area contributed by atoms with E-state index in [1.54, 1.807) is 11.0 Å². The Morgan fingerprint density at radius 2 is 2.12 bits per heavy atom. The molecule has 25 heavy (non-hydrogen) atoms. The molecule has 4 rings (SSSR count). The number of fused-ring (bicyclic) bond motifs is 3. The zero-order valence-corrected chi connectivity index (χ0v) is 15.6. The highest BCUT2D eigenvalue weighted by Gasteiger charge is 2.55. The molecule has 1 unspecified atom stereocenters. The molecule has 1 N–H and O–H groups in total. The van der Waals surface area contributed by atoms with Gasteiger partial charge in [-0.1, -0.05) is 19.9 Å². The fraction of sp³-hybridized carbons (Fsp3) is 0.714. The Kier molecular flexibility index (Phi) is 4.14. The van der Waals surface area contributed by atoms with Gasteiger partial charge in [0.05, 0.1) is 19.6 Å². The third kappa shape index (κ3) is 2.79. The second kappa shape index (κ2) is 6.08. The molecule has 2 aliphatic carbocycles. The van der Waals surface area contributed by atoms with Crippen molar-refractivity contribution in [2.75, 3.05) is 19.6 Å². The van der Waals surface area contributed by atoms with Gasteiger partial charge in [0.1, 0.15) is 12.0 Å². The molecule has 0 aromatic rings. The molecule has 2 saturated heterocycles. The van der Waals surface area contributed by atoms with E-state index in [-0.39, 0.29) is 35.1 Å². The third-order valence-corrected chi connectivity index (χ3v) is 7.10. The molecule has 1 saturated carbocycles. The number of hydrogen-bond acceptors (Lipinski definition) is 3. The average molecular weight is 344 g/mol. The van der Waals surface area contributed by atoms with Crippen LogP contribution in [0.15, 0.2) is 23.3 Å². The van der Waals surface area contributed by atoms with E-state index < -0.39 is 0 Å². The van der Waals surface area contributed by atoms with Crippen LogP contribution < -0.4 is 4.90 Å². The molecule has 2 aliphatic heterocycles. The minimum Gasteiger partial charge on any atom is -0.457 e. The van der Waals surface area contributed by atoms with Crippen molar-refractivity contribution >= 4 is 11.8 Å². The van der Waals surface area contributed by atoms with Crippen molar-refractivity contribution in [3.63, 3.8) is 0 Å². The van der Waals surface area contributed by atoms with Crippen LogP contribution in [-0.2, 0) is 14.3 Å². The first kappa shape index (κ1) is 17.0. The van der Waals surface area contributed by atoms with E-state index in [2.05, 4.69) is 13.8 Å². The molecule has 0 spiro atoms. The molecule has 4 nitrogen and oxygen atoms in total. The second-order valence-electron chi connectivity index (χ2n) is 8.98. The standard InChI is InChI=1S/C21H29NO3/c1-13-5-4-10-22(11-13)12-16-15-6-8-21(3)9-7-17(23)14(2)18(21)19(15)25-20(16)24/h7,9,13,15-16,19H,4-6,8,10-12H2,1-3H3/p+1/t13-,15+,16-,19-,21-/m1/s1. The van der Waals surface area contributed by atoms with Gasteiger partial charge in [-0.25, -0.2) is 0 Å². The summed E-state index contributed by atoms with van der Waals surface area (Å²) in [7, 11) is 0. The van der Waals surface area contributed by atoms with Gasteiger partial charge in [0, 0.05) is 22.8 Å². The first-order valence-corrected chi connectivity index (χ1v) is 9.88. The van der Waals surface area contributed by atoms with Crippen molar-refractivity contribution in [3.8, 4) is 0 Å². The molecular formula is C21H30NO3+. The van der Waals surface area contributed by atoms with Gasteiger partial charge in [0.2, 0.25) is 0 Å². The number of ether oxygens (including phenoxy) is 1. The van der Waals surface area contributed by atoms with Gasteiger partial charge in [-0.3, -0.25) is 9.59 Å². The summed E-state index contributed by atoms with van der Waals surface area (Å²) in [5.41, 5.74) is 1.75. The van der Waals surface area contributed by atoms with E-state index in [0.29, 0.717) is 0 Å². The van der Waals surface area contributed by atoms with Gasteiger partial charge in [0.25, 0.3) is 0 Å². The lowest BCUT2D eigenvalue weighted by atomic mass is 9.61. The molecule has 136 valence electrons. The zero-order chi connectivity index (χ0) is 17.8. The van der Waals surface area contributed by atoms with Crippen LogP contribution in [0.4, 0.5) is 0 Å². The predicted molar refractivity (Wildman–Crippen MR) is 95.0 cm³/mol. The Labute approximate surface area is 150 Å². The van der Waals surface area contributed by atoms with Gasteiger partial charge >= 0.3 is 5.97 Å². The molecule has 0 aromatic carbocycles. The van der Waals surface area contributed by atoms with Crippen LogP contribution in [-0.4, -0.2) is 37.5 Å². The molecule has 4 heteroatoms. The van der Waals surface area contributed by atoms with E-state index in [4.69, 9.17) is 4.74 Å². The van der Waals surface area contributed by atoms with Crippen molar-refractivity contribution in [3.05, 3.63) is 23.3 Å². The van der Waals surface area contributed by atoms with Gasteiger partial charge in [-0.2, -0.15) is 0 Å². The van der Waals surface area contributed by atoms with E-state index in [9.17, 15) is 9.59 Å². The molecule has 0 aromatic heterocycles. The summed E-state index contributed by atoms with van der Waals surface area (Å²) in [6.45, 7) is 9.64. The molecule has 2 heterocycles. The van der Waals surface area contributed by atoms with Crippen molar-refractivity contribution in [2.24, 2.45) is 23.2 Å². The molecule has 4 aliphatic rings. The van der Waals surface area contributed by atoms with Crippen LogP contribution in [0.5, 0.6) is 0 Å². The number of nitrogens with one attached hydrogen (secondary N) is 1. The number of piperidine rings is 1. The minimum absolute atomic E-state index is 0.00356. The van der Waals surface area contributed by atoms with Gasteiger partial charge in [-0.05, 0) is 44.3 Å². The lowest BCUT2D eigenvalue weighted by Gasteiger charge is -2.43. The Morgan fingerprint density at radius 1 is 1.32 bits per heavy atom. The third-order valence-electron chi connectivity index (χ3n) is 7.10. The Bertz CT molecular complexity index is 664. The zero-order valence-electron chi connectivity index (χ0n) is 15.6. The fourth-order valence-corrected chi connectivity index (χ4v) is 5.70. The summed E-state index contributed by atoms with van der Waals surface area (Å²) < 4.78 is 5.90. The van der Waals surface area contributed by atoms with Crippen LogP contribution in [0.25, 0.3) is 0 Å². The van der Waals surface area contributed by atoms with Gasteiger partial charge < -0.3 is 9.64 Å². The average Bonchev–Trinajstić information content (AvgIpc) is 2.87. The normalized spacial score (nSPS) is 43.7. The topological polar surface area (TPSA) is 47.8 Å². The maximum absolute atomic E-state index is 12.7. The summed E-state index contributed by atoms with van der Waals surface area (Å²) in [6.07, 6.45) is 8.13. The molecule has 0 radical (unpaired) electrons. The lowest BCUT2D eigenvalue weighted by molar-refractivity contribution is -0.911. The highest BCUT2D eigenvalue weighted by molar-refractivity contribution is 6.05. The monoisotopic (exact) mass is 344 g/mol. The summed E-state index contributed by atoms with van der Waals surface area (Å²) >= 11 is 0. The van der Waals surface area contributed by atoms with Gasteiger partial charge in [0.15, 0.2) is 5.78 Å². The first-order chi connectivity index (χ1) is 11.9. The summed E-state index contributed by atoms with van der Waals surface area (Å²) in [4.78, 5) is 26.5. The van der Waals surface area contributed by atoms with Crippen molar-refractivity contribution in [1.29, 1.82) is 0 Å². The highest BCUT2D eigenvalue weighted by Crippen LogP contribution is 2.52. The number of hydrogen-bond donors (Lipinski definition) is 1. The number of likely N-dealkylation sites (tertiary alicyclic amines) is 1. The molecule has 3 fully saturated rings. The first-order valence-electron chi connectivity index (χ1n) is 9.88. The van der Waals surface area contributed by atoms with Crippen LogP contribution >= 0.6 is 0 Å². The molecular weight excluding hydrogens is 314 g/mol. The summed E-state index contributed by atoms with van der Waals surface area (Å²) in [6, 6.07) is 0. The predicted octanol–water partition coefficient (Wildman–Crippen LogP) is 1.71. The van der Waals surface area contributed by atoms with E-state index in [0.717, 1.165) is 36.5 Å². The smallest absolute Gasteiger partial charge is 0.315 e. The summed E-state index contributed by atoms with van der Waals surface area (Å²) in [5, 5.41) is 0. The fourth-order valence-electron chi connectivity index (χ4n) is 5.70. The molecule has 0 bridgehead atoms. The van der Waals surface area contributed by atoms with E-state index in [1.807, 2.05) is 13.0 Å². The molecule has 6 atom stereocenters. The lowest BCUT2D eigenvalue weighted by Crippen LogP contribution is -3.14. The number of carbonyl (C=O) groups is 2. The second-order valence-corrected chi connectivity index (χ2v) is 8.98. The summed E-state index contributed by atoms with van der Waals surface area (Å²) in [5.74, 6) is 1.03. The quantitative estimate of drug-likeness (QED) is 0.776. The van der Waals surface area contributed by atoms with Crippen LogP contribution in [0.2, 0.25) is 0 Å². The SMILES string of the molecule is CC1=C2[C@@H]3OC(=O)[C@H](C[NH+]4CCC[C@@H](C)C4)[C@@H]3CC[C@]2(C)C=CC1=O. The number of quaternary nitrogens is 1. The Balaban J connectivity index is 1.58. The number of rotatable bonds is 2. The van der Waals surface area contributed by atoms with E-state index in [1.165, 1.54) is 25.9 Å². The van der Waals surface area contributed by atoms with Crippen LogP contribution in [0, 0.1) is 23.2 Å². The Hall–Kier alpha value is -1.42. The number of carbonyl (C=O) groups excluding carboxylic acids is 2. The van der Waals surface area contributed by atoms with Crippen LogP contribution in [0.1, 0.15) is 46.5 Å². The minimum atomic E-state index is -0.188. The number of allylic oxidation sites excluding steroid dienone is 3. The Morgan fingerprint density at radius 3 is 2.88 bits per heavy atom. The highest BCUT2D eigenvalue weighted by atomic mass is 16.6. The number of esters is 1. The van der Waals surface area contributed by atoms with Crippen LogP contribution in [0.3, 0.4) is 0 Å². The van der Waals surface area contributed by atoms with E-state index >= 15 is 0 Å². The largest absolute Gasteiger partial charge is 0.457 e. The number of ketones is 1. The van der Waals surface area contributed by atoms with Crippen molar-refractivity contribution in [2.45, 2.75) is 52.6 Å². The van der Waals surface area contributed by atoms with Gasteiger partial charge in [-0.15, -0.1) is 0 Å². The maximum atomic E-state index is 12.7. The van der Waals surface area contributed by atoms with Crippen molar-refractivity contribution < 1.29 is 19.2 Å². The van der Waals surface area contributed by atoms with Crippen molar-refractivity contribution in [1.82, 2.24) is 0 Å².